The number of methoxy groups -OCH3 is 1. The highest BCUT2D eigenvalue weighted by Crippen LogP contribution is 2.38. The number of fused-ring (bicyclic) bond motifs is 2. The Morgan fingerprint density at radius 2 is 1.90 bits per heavy atom. The standard InChI is InChI=1S/C24H24N2O5/c1-29-24(28)18-14-25(20-6-3-2-5-17(18)20)15-23(27)26-10-4-7-19(26)16-8-9-21-22(13-16)31-12-11-30-21/h2-3,5-6,8-9,13-14,19H,4,7,10-12,15H2,1H3. The monoisotopic (exact) mass is 420 g/mol. The number of nitrogens with zero attached hydrogens (tertiary/aromatic N) is 2. The summed E-state index contributed by atoms with van der Waals surface area (Å²) >= 11 is 0. The van der Waals surface area contributed by atoms with Crippen molar-refractivity contribution >= 4 is 22.8 Å². The molecule has 0 aliphatic carbocycles. The van der Waals surface area contributed by atoms with Crippen LogP contribution in [0.2, 0.25) is 0 Å². The zero-order valence-electron chi connectivity index (χ0n) is 17.4. The van der Waals surface area contributed by atoms with E-state index >= 15 is 0 Å². The van der Waals surface area contributed by atoms with E-state index < -0.39 is 5.97 Å². The molecule has 0 radical (unpaired) electrons. The van der Waals surface area contributed by atoms with Crippen LogP contribution in [0.15, 0.2) is 48.7 Å². The zero-order valence-corrected chi connectivity index (χ0v) is 17.4. The second-order valence-electron chi connectivity index (χ2n) is 7.83. The molecular formula is C24H24N2O5. The van der Waals surface area contributed by atoms with Gasteiger partial charge in [0.25, 0.3) is 0 Å². The largest absolute Gasteiger partial charge is 0.486 e. The lowest BCUT2D eigenvalue weighted by Crippen LogP contribution is -2.33. The molecule has 1 unspecified atom stereocenters. The van der Waals surface area contributed by atoms with Crippen LogP contribution in [0, 0.1) is 0 Å². The number of para-hydroxylation sites is 1. The van der Waals surface area contributed by atoms with Gasteiger partial charge in [-0.2, -0.15) is 0 Å². The smallest absolute Gasteiger partial charge is 0.340 e. The summed E-state index contributed by atoms with van der Waals surface area (Å²) in [4.78, 5) is 27.4. The fourth-order valence-corrected chi connectivity index (χ4v) is 4.57. The Morgan fingerprint density at radius 3 is 2.74 bits per heavy atom. The summed E-state index contributed by atoms with van der Waals surface area (Å²) in [6, 6.07) is 13.5. The second-order valence-corrected chi connectivity index (χ2v) is 7.83. The predicted octanol–water partition coefficient (Wildman–Crippen LogP) is 3.56. The maximum atomic E-state index is 13.3. The van der Waals surface area contributed by atoms with E-state index in [4.69, 9.17) is 14.2 Å². The van der Waals surface area contributed by atoms with Gasteiger partial charge >= 0.3 is 5.97 Å². The highest BCUT2D eigenvalue weighted by molar-refractivity contribution is 6.04. The molecule has 1 amide bonds. The Bertz CT molecular complexity index is 1150. The van der Waals surface area contributed by atoms with Crippen LogP contribution in [0.1, 0.15) is 34.8 Å². The molecular weight excluding hydrogens is 396 g/mol. The molecule has 1 atom stereocenters. The van der Waals surface area contributed by atoms with Crippen LogP contribution in [0.25, 0.3) is 10.9 Å². The van der Waals surface area contributed by atoms with Gasteiger partial charge in [-0.3, -0.25) is 4.79 Å². The van der Waals surface area contributed by atoms with E-state index in [9.17, 15) is 9.59 Å². The van der Waals surface area contributed by atoms with E-state index in [1.165, 1.54) is 7.11 Å². The quantitative estimate of drug-likeness (QED) is 0.604. The molecule has 3 aromatic rings. The number of likely N-dealkylation sites (tertiary alicyclic amines) is 1. The lowest BCUT2D eigenvalue weighted by molar-refractivity contribution is -0.132. The van der Waals surface area contributed by atoms with Gasteiger partial charge in [0.2, 0.25) is 5.91 Å². The first kappa shape index (κ1) is 19.5. The summed E-state index contributed by atoms with van der Waals surface area (Å²) in [7, 11) is 1.36. The average molecular weight is 420 g/mol. The first-order valence-corrected chi connectivity index (χ1v) is 10.5. The molecule has 2 aliphatic heterocycles. The number of hydrogen-bond donors (Lipinski definition) is 0. The van der Waals surface area contributed by atoms with Gasteiger partial charge in [-0.05, 0) is 36.6 Å². The van der Waals surface area contributed by atoms with Crippen molar-refractivity contribution in [2.75, 3.05) is 26.9 Å². The van der Waals surface area contributed by atoms with Crippen molar-refractivity contribution in [3.63, 3.8) is 0 Å². The van der Waals surface area contributed by atoms with Crippen molar-refractivity contribution in [1.82, 2.24) is 9.47 Å². The normalized spacial score (nSPS) is 17.7. The molecule has 3 heterocycles. The van der Waals surface area contributed by atoms with E-state index in [0.717, 1.165) is 40.8 Å². The van der Waals surface area contributed by atoms with Crippen LogP contribution in [-0.2, 0) is 16.1 Å². The molecule has 31 heavy (non-hydrogen) atoms. The lowest BCUT2D eigenvalue weighted by Gasteiger charge is -2.27. The number of amides is 1. The van der Waals surface area contributed by atoms with Crippen molar-refractivity contribution in [3.8, 4) is 11.5 Å². The fraction of sp³-hybridized carbons (Fsp3) is 0.333. The number of ether oxygens (including phenoxy) is 3. The summed E-state index contributed by atoms with van der Waals surface area (Å²) in [5, 5.41) is 0.784. The maximum absolute atomic E-state index is 13.3. The first-order chi connectivity index (χ1) is 15.2. The average Bonchev–Trinajstić information content (AvgIpc) is 3.44. The van der Waals surface area contributed by atoms with Crippen LogP contribution >= 0.6 is 0 Å². The van der Waals surface area contributed by atoms with Crippen LogP contribution in [0.3, 0.4) is 0 Å². The molecule has 0 bridgehead atoms. The summed E-state index contributed by atoms with van der Waals surface area (Å²) in [6.45, 7) is 1.96. The van der Waals surface area contributed by atoms with Gasteiger partial charge in [-0.15, -0.1) is 0 Å². The van der Waals surface area contributed by atoms with Crippen LogP contribution < -0.4 is 9.47 Å². The van der Waals surface area contributed by atoms with Crippen molar-refractivity contribution in [2.24, 2.45) is 0 Å². The van der Waals surface area contributed by atoms with Gasteiger partial charge in [-0.1, -0.05) is 24.3 Å². The molecule has 160 valence electrons. The predicted molar refractivity (Wildman–Crippen MR) is 114 cm³/mol. The van der Waals surface area contributed by atoms with Crippen LogP contribution in [-0.4, -0.2) is 48.2 Å². The van der Waals surface area contributed by atoms with Crippen molar-refractivity contribution in [1.29, 1.82) is 0 Å². The summed E-state index contributed by atoms with van der Waals surface area (Å²) in [5.41, 5.74) is 2.37. The maximum Gasteiger partial charge on any atom is 0.340 e. The number of carbonyl (C=O) groups excluding carboxylic acids is 2. The van der Waals surface area contributed by atoms with E-state index in [1.807, 2.05) is 51.9 Å². The minimum Gasteiger partial charge on any atom is -0.486 e. The van der Waals surface area contributed by atoms with Crippen molar-refractivity contribution in [2.45, 2.75) is 25.4 Å². The van der Waals surface area contributed by atoms with E-state index in [2.05, 4.69) is 0 Å². The molecule has 5 rings (SSSR count). The Labute approximate surface area is 180 Å². The van der Waals surface area contributed by atoms with Crippen LogP contribution in [0.4, 0.5) is 0 Å². The lowest BCUT2D eigenvalue weighted by atomic mass is 10.0. The number of benzene rings is 2. The molecule has 0 spiro atoms. The Kier molecular flexibility index (Phi) is 5.02. The van der Waals surface area contributed by atoms with E-state index in [-0.39, 0.29) is 18.5 Å². The molecule has 2 aromatic carbocycles. The van der Waals surface area contributed by atoms with E-state index in [0.29, 0.717) is 25.3 Å². The molecule has 7 heteroatoms. The number of esters is 1. The number of hydrogen-bond acceptors (Lipinski definition) is 5. The van der Waals surface area contributed by atoms with Gasteiger partial charge in [-0.25, -0.2) is 4.79 Å². The summed E-state index contributed by atoms with van der Waals surface area (Å²) in [5.74, 6) is 1.11. The Morgan fingerprint density at radius 1 is 1.10 bits per heavy atom. The van der Waals surface area contributed by atoms with Crippen LogP contribution in [0.5, 0.6) is 11.5 Å². The van der Waals surface area contributed by atoms with Crippen molar-refractivity contribution in [3.05, 3.63) is 59.8 Å². The van der Waals surface area contributed by atoms with Gasteiger partial charge in [0, 0.05) is 23.6 Å². The van der Waals surface area contributed by atoms with Gasteiger partial charge in [0.1, 0.15) is 19.8 Å². The third-order valence-corrected chi connectivity index (χ3v) is 6.02. The zero-order chi connectivity index (χ0) is 21.4. The molecule has 0 N–H and O–H groups in total. The second kappa shape index (κ2) is 7.98. The minimum atomic E-state index is -0.405. The molecule has 2 aliphatic rings. The molecule has 0 saturated carbocycles. The number of carbonyl (C=O) groups is 2. The number of rotatable bonds is 4. The van der Waals surface area contributed by atoms with Gasteiger partial charge in [0.15, 0.2) is 11.5 Å². The Balaban J connectivity index is 1.41. The fourth-order valence-electron chi connectivity index (χ4n) is 4.57. The third-order valence-electron chi connectivity index (χ3n) is 6.02. The highest BCUT2D eigenvalue weighted by atomic mass is 16.6. The Hall–Kier alpha value is -3.48. The van der Waals surface area contributed by atoms with E-state index in [1.54, 1.807) is 6.20 Å². The third kappa shape index (κ3) is 3.50. The SMILES string of the molecule is COC(=O)c1cn(CC(=O)N2CCCC2c2ccc3c(c2)OCCO3)c2ccccc12. The molecule has 1 aromatic heterocycles. The van der Waals surface area contributed by atoms with Gasteiger partial charge in [0.05, 0.1) is 18.7 Å². The van der Waals surface area contributed by atoms with Crippen molar-refractivity contribution < 1.29 is 23.8 Å². The first-order valence-electron chi connectivity index (χ1n) is 10.5. The minimum absolute atomic E-state index is 0.00484. The molecule has 7 nitrogen and oxygen atoms in total. The highest BCUT2D eigenvalue weighted by Gasteiger charge is 2.31. The molecule has 1 saturated heterocycles. The summed E-state index contributed by atoms with van der Waals surface area (Å²) in [6.07, 6.45) is 3.57. The molecule has 1 fully saturated rings. The topological polar surface area (TPSA) is 70.0 Å². The van der Waals surface area contributed by atoms with Gasteiger partial charge < -0.3 is 23.7 Å². The summed E-state index contributed by atoms with van der Waals surface area (Å²) < 4.78 is 18.1. The number of aromatic nitrogens is 1.